The molecule has 8 nitrogen and oxygen atoms in total. The van der Waals surface area contributed by atoms with E-state index in [2.05, 4.69) is 10.3 Å². The van der Waals surface area contributed by atoms with Gasteiger partial charge >= 0.3 is 0 Å². The van der Waals surface area contributed by atoms with Crippen molar-refractivity contribution < 1.29 is 17.6 Å². The number of rotatable bonds is 7. The third-order valence-corrected chi connectivity index (χ3v) is 9.80. The molecule has 0 spiro atoms. The highest BCUT2D eigenvalue weighted by Gasteiger charge is 2.28. The number of amides is 1. The van der Waals surface area contributed by atoms with E-state index >= 15 is 0 Å². The van der Waals surface area contributed by atoms with E-state index in [-0.39, 0.29) is 23.4 Å². The first kappa shape index (κ1) is 29.2. The summed E-state index contributed by atoms with van der Waals surface area (Å²) in [6.07, 6.45) is 3.02. The molecule has 1 saturated heterocycles. The molecule has 1 amide bonds. The SMILES string of the molecule is Cc1ccc(S(=O)(=O)N(C)Cc2cn(C3CCN(C(=O)c4ccc(F)cc4-c4ccc(Cl)c(Cl)c4)CC3)nn2)cc1. The maximum Gasteiger partial charge on any atom is 0.254 e. The van der Waals surface area contributed by atoms with Gasteiger partial charge in [0.05, 0.1) is 39.4 Å². The smallest absolute Gasteiger partial charge is 0.254 e. The number of carbonyl (C=O) groups excluding carboxylic acids is 1. The molecule has 0 N–H and O–H groups in total. The summed E-state index contributed by atoms with van der Waals surface area (Å²) in [6, 6.07) is 15.7. The molecule has 41 heavy (non-hydrogen) atoms. The monoisotopic (exact) mass is 615 g/mol. The van der Waals surface area contributed by atoms with Gasteiger partial charge in [0.2, 0.25) is 10.0 Å². The quantitative estimate of drug-likeness (QED) is 0.254. The van der Waals surface area contributed by atoms with Gasteiger partial charge in [-0.25, -0.2) is 17.5 Å². The second-order valence-corrected chi connectivity index (χ2v) is 13.0. The lowest BCUT2D eigenvalue weighted by Gasteiger charge is -2.32. The Balaban J connectivity index is 1.24. The molecule has 0 saturated carbocycles. The summed E-state index contributed by atoms with van der Waals surface area (Å²) < 4.78 is 43.0. The van der Waals surface area contributed by atoms with Gasteiger partial charge in [-0.15, -0.1) is 5.10 Å². The van der Waals surface area contributed by atoms with Gasteiger partial charge in [-0.2, -0.15) is 4.31 Å². The molecule has 1 aliphatic rings. The Kier molecular flexibility index (Phi) is 8.47. The normalized spacial score (nSPS) is 14.5. The van der Waals surface area contributed by atoms with Crippen molar-refractivity contribution in [2.45, 2.75) is 37.2 Å². The predicted octanol–water partition coefficient (Wildman–Crippen LogP) is 6.00. The predicted molar refractivity (Wildman–Crippen MR) is 156 cm³/mol. The minimum absolute atomic E-state index is 0.00192. The lowest BCUT2D eigenvalue weighted by atomic mass is 9.97. The van der Waals surface area contributed by atoms with Gasteiger partial charge < -0.3 is 4.90 Å². The van der Waals surface area contributed by atoms with Crippen LogP contribution < -0.4 is 0 Å². The number of benzene rings is 3. The molecule has 4 aromatic rings. The molecule has 1 fully saturated rings. The Morgan fingerprint density at radius 3 is 2.41 bits per heavy atom. The highest BCUT2D eigenvalue weighted by Crippen LogP contribution is 2.32. The standard InChI is InChI=1S/C29H28Cl2FN5O3S/c1-19-3-7-24(8-4-19)41(39,40)35(2)17-22-18-37(34-33-22)23-11-13-36(14-12-23)29(38)25-9-6-21(32)16-26(25)20-5-10-27(30)28(31)15-20/h3-10,15-16,18,23H,11-14,17H2,1-2H3. The van der Waals surface area contributed by atoms with Crippen molar-refractivity contribution in [3.63, 3.8) is 0 Å². The highest BCUT2D eigenvalue weighted by atomic mass is 35.5. The van der Waals surface area contributed by atoms with E-state index in [0.717, 1.165) is 5.56 Å². The summed E-state index contributed by atoms with van der Waals surface area (Å²) >= 11 is 12.2. The third kappa shape index (κ3) is 6.30. The summed E-state index contributed by atoms with van der Waals surface area (Å²) in [7, 11) is -2.16. The lowest BCUT2D eigenvalue weighted by molar-refractivity contribution is 0.0690. The minimum atomic E-state index is -3.67. The minimum Gasteiger partial charge on any atom is -0.338 e. The number of carbonyl (C=O) groups is 1. The Hall–Kier alpha value is -3.31. The van der Waals surface area contributed by atoms with Crippen LogP contribution in [0.25, 0.3) is 11.1 Å². The van der Waals surface area contributed by atoms with E-state index in [9.17, 15) is 17.6 Å². The fourth-order valence-corrected chi connectivity index (χ4v) is 6.32. The second-order valence-electron chi connectivity index (χ2n) is 10.1. The van der Waals surface area contributed by atoms with Gasteiger partial charge in [0, 0.05) is 25.7 Å². The molecule has 2 heterocycles. The molecule has 5 rings (SSSR count). The number of sulfonamides is 1. The van der Waals surface area contributed by atoms with Crippen molar-refractivity contribution in [3.05, 3.63) is 99.5 Å². The van der Waals surface area contributed by atoms with Crippen LogP contribution in [0.3, 0.4) is 0 Å². The molecule has 0 aliphatic carbocycles. The average molecular weight is 617 g/mol. The van der Waals surface area contributed by atoms with Crippen LogP contribution in [0, 0.1) is 12.7 Å². The number of nitrogens with zero attached hydrogens (tertiary/aromatic N) is 5. The molecular weight excluding hydrogens is 588 g/mol. The van der Waals surface area contributed by atoms with E-state index in [1.54, 1.807) is 58.2 Å². The zero-order chi connectivity index (χ0) is 29.3. The van der Waals surface area contributed by atoms with Crippen LogP contribution >= 0.6 is 23.2 Å². The molecule has 1 aliphatic heterocycles. The zero-order valence-electron chi connectivity index (χ0n) is 22.5. The Morgan fingerprint density at radius 1 is 1.02 bits per heavy atom. The van der Waals surface area contributed by atoms with Crippen LogP contribution in [0.1, 0.15) is 40.5 Å². The molecule has 0 radical (unpaired) electrons. The summed E-state index contributed by atoms with van der Waals surface area (Å²) in [4.78, 5) is 15.5. The first-order valence-corrected chi connectivity index (χ1v) is 15.2. The number of likely N-dealkylation sites (tertiary alicyclic amines) is 1. The van der Waals surface area contributed by atoms with Crippen LogP contribution in [0.2, 0.25) is 10.0 Å². The van der Waals surface area contributed by atoms with E-state index in [4.69, 9.17) is 23.2 Å². The van der Waals surface area contributed by atoms with Gasteiger partial charge in [0.15, 0.2) is 0 Å². The van der Waals surface area contributed by atoms with Crippen LogP contribution in [0.15, 0.2) is 71.8 Å². The van der Waals surface area contributed by atoms with Crippen molar-refractivity contribution in [1.82, 2.24) is 24.2 Å². The molecule has 0 atom stereocenters. The van der Waals surface area contributed by atoms with E-state index in [1.165, 1.54) is 29.6 Å². The summed E-state index contributed by atoms with van der Waals surface area (Å²) in [5.41, 5.74) is 2.93. The number of piperidine rings is 1. The molecule has 0 unspecified atom stereocenters. The number of aromatic nitrogens is 3. The number of halogens is 3. The zero-order valence-corrected chi connectivity index (χ0v) is 24.8. The largest absolute Gasteiger partial charge is 0.338 e. The summed E-state index contributed by atoms with van der Waals surface area (Å²) in [6.45, 7) is 2.92. The van der Waals surface area contributed by atoms with Crippen LogP contribution in [0.5, 0.6) is 0 Å². The van der Waals surface area contributed by atoms with Gasteiger partial charge in [-0.05, 0) is 73.4 Å². The fraction of sp³-hybridized carbons (Fsp3) is 0.276. The van der Waals surface area contributed by atoms with Gasteiger partial charge in [0.1, 0.15) is 5.82 Å². The van der Waals surface area contributed by atoms with Crippen molar-refractivity contribution in [1.29, 1.82) is 0 Å². The topological polar surface area (TPSA) is 88.4 Å². The summed E-state index contributed by atoms with van der Waals surface area (Å²) in [5.74, 6) is -0.660. The molecule has 0 bridgehead atoms. The van der Waals surface area contributed by atoms with Crippen molar-refractivity contribution >= 4 is 39.1 Å². The van der Waals surface area contributed by atoms with Gasteiger partial charge in [0.25, 0.3) is 5.91 Å². The van der Waals surface area contributed by atoms with Crippen LogP contribution in [-0.2, 0) is 16.6 Å². The highest BCUT2D eigenvalue weighted by molar-refractivity contribution is 7.89. The van der Waals surface area contributed by atoms with Crippen molar-refractivity contribution in [2.24, 2.45) is 0 Å². The maximum atomic E-state index is 14.2. The Labute approximate surface area is 248 Å². The fourth-order valence-electron chi connectivity index (χ4n) is 4.88. The molecule has 214 valence electrons. The maximum absolute atomic E-state index is 14.2. The molecule has 12 heteroatoms. The van der Waals surface area contributed by atoms with Gasteiger partial charge in [-0.3, -0.25) is 4.79 Å². The Bertz CT molecular complexity index is 1690. The average Bonchev–Trinajstić information content (AvgIpc) is 3.43. The molecular formula is C29H28Cl2FN5O3S. The van der Waals surface area contributed by atoms with E-state index in [1.807, 2.05) is 6.92 Å². The third-order valence-electron chi connectivity index (χ3n) is 7.24. The molecule has 1 aromatic heterocycles. The summed E-state index contributed by atoms with van der Waals surface area (Å²) in [5, 5.41) is 9.13. The molecule has 3 aromatic carbocycles. The van der Waals surface area contributed by atoms with E-state index in [0.29, 0.717) is 58.4 Å². The van der Waals surface area contributed by atoms with Crippen LogP contribution in [0.4, 0.5) is 4.39 Å². The van der Waals surface area contributed by atoms with Gasteiger partial charge in [-0.1, -0.05) is 52.2 Å². The number of hydrogen-bond donors (Lipinski definition) is 0. The first-order valence-electron chi connectivity index (χ1n) is 13.0. The van der Waals surface area contributed by atoms with Crippen LogP contribution in [-0.4, -0.2) is 58.7 Å². The van der Waals surface area contributed by atoms with E-state index < -0.39 is 15.8 Å². The van der Waals surface area contributed by atoms with Crippen molar-refractivity contribution in [2.75, 3.05) is 20.1 Å². The number of aryl methyl sites for hydroxylation is 1. The lowest BCUT2D eigenvalue weighted by Crippen LogP contribution is -2.39. The van der Waals surface area contributed by atoms with Crippen molar-refractivity contribution in [3.8, 4) is 11.1 Å². The number of hydrogen-bond acceptors (Lipinski definition) is 5. The Morgan fingerprint density at radius 2 is 1.73 bits per heavy atom. The second kappa shape index (κ2) is 11.9. The first-order chi connectivity index (χ1) is 19.5.